The second-order valence-corrected chi connectivity index (χ2v) is 4.65. The summed E-state index contributed by atoms with van der Waals surface area (Å²) in [6.45, 7) is 4.32. The number of allylic oxidation sites excluding steroid dienone is 5. The van der Waals surface area contributed by atoms with Gasteiger partial charge in [0.2, 0.25) is 0 Å². The zero-order chi connectivity index (χ0) is 12.5. The van der Waals surface area contributed by atoms with Gasteiger partial charge in [0.05, 0.1) is 0 Å². The number of benzene rings is 2. The van der Waals surface area contributed by atoms with E-state index in [4.69, 9.17) is 0 Å². The largest absolute Gasteiger partial charge is 0.364 e. The smallest absolute Gasteiger partial charge is 0 e. The molecule has 0 spiro atoms. The molecule has 0 nitrogen and oxygen atoms in total. The van der Waals surface area contributed by atoms with E-state index in [-0.39, 0.29) is 98.1 Å². The molecule has 0 fully saturated rings. The van der Waals surface area contributed by atoms with Crippen LogP contribution < -0.4 is 0 Å². The predicted molar refractivity (Wildman–Crippen MR) is 77.0 cm³/mol. The number of fused-ring (bicyclic) bond motifs is 1. The molecule has 97 valence electrons. The Morgan fingerprint density at radius 3 is 2.14 bits per heavy atom. The van der Waals surface area contributed by atoms with Crippen molar-refractivity contribution in [3.8, 4) is 0 Å². The van der Waals surface area contributed by atoms with Crippen molar-refractivity contribution in [3.63, 3.8) is 0 Å². The van der Waals surface area contributed by atoms with Gasteiger partial charge >= 0.3 is 0 Å². The Labute approximate surface area is 202 Å². The normalized spacial score (nSPS) is 11.6. The Morgan fingerprint density at radius 2 is 1.48 bits per heavy atom. The first-order chi connectivity index (χ1) is 8.75. The van der Waals surface area contributed by atoms with Gasteiger partial charge in [-0.15, -0.1) is 0 Å². The van der Waals surface area contributed by atoms with Crippen molar-refractivity contribution in [2.75, 3.05) is 0 Å². The van der Waals surface area contributed by atoms with E-state index in [1.165, 1.54) is 27.5 Å². The van der Waals surface area contributed by atoms with E-state index in [0.717, 1.165) is 5.57 Å². The molecule has 2 aromatic carbocycles. The van der Waals surface area contributed by atoms with E-state index in [2.05, 4.69) is 62.4 Å². The van der Waals surface area contributed by atoms with Crippen molar-refractivity contribution < 1.29 is 98.1 Å². The molecular weight excluding hydrogens is 483 g/mol. The van der Waals surface area contributed by atoms with E-state index in [1.54, 1.807) is 0 Å². The minimum Gasteiger partial charge on any atom is -0.364 e. The number of hydrogen-bond acceptors (Lipinski definition) is 0. The minimum atomic E-state index is 0. The zero-order valence-corrected chi connectivity index (χ0v) is 20.9. The number of hydrogen-bond donors (Lipinski definition) is 0. The summed E-state index contributed by atoms with van der Waals surface area (Å²) in [7, 11) is 0. The van der Waals surface area contributed by atoms with Crippen molar-refractivity contribution in [1.82, 2.24) is 0 Å². The van der Waals surface area contributed by atoms with Crippen LogP contribution in [0.25, 0.3) is 16.8 Å². The molecule has 0 heterocycles. The van der Waals surface area contributed by atoms with Crippen LogP contribution in [0.15, 0.2) is 48.1 Å². The van der Waals surface area contributed by atoms with Gasteiger partial charge in [0, 0.05) is 98.1 Å². The van der Waals surface area contributed by atoms with Gasteiger partial charge in [-0.05, 0) is 30.2 Å². The Kier molecular flexibility index (Phi) is 10.8. The first-order valence-electron chi connectivity index (χ1n) is 6.14. The molecule has 1 aliphatic rings. The van der Waals surface area contributed by atoms with Crippen LogP contribution in [0.1, 0.15) is 16.7 Å². The maximum absolute atomic E-state index is 3.19. The standard InChI is InChI=1S/C18H14.3Y/c1-13-10-11-16-9-5-6-14(2)18(16)17(13)12-15-7-3-4-8-15;;;/h3-6,9-12H,1-2H3;;;/q-2;;;. The molecule has 0 atom stereocenters. The van der Waals surface area contributed by atoms with Gasteiger partial charge in [0.25, 0.3) is 0 Å². The van der Waals surface area contributed by atoms with Gasteiger partial charge in [-0.1, -0.05) is 41.5 Å². The van der Waals surface area contributed by atoms with Gasteiger partial charge in [-0.25, -0.2) is 6.08 Å². The zero-order valence-electron chi connectivity index (χ0n) is 12.4. The number of rotatable bonds is 1. The molecule has 0 aromatic heterocycles. The maximum atomic E-state index is 3.19. The molecule has 0 bridgehead atoms. The quantitative estimate of drug-likeness (QED) is 0.508. The van der Waals surface area contributed by atoms with Crippen LogP contribution in [0.4, 0.5) is 0 Å². The average molecular weight is 497 g/mol. The number of aryl methyl sites for hydroxylation is 2. The van der Waals surface area contributed by atoms with E-state index in [0.29, 0.717) is 0 Å². The van der Waals surface area contributed by atoms with Crippen LogP contribution in [-0.4, -0.2) is 0 Å². The molecule has 0 amide bonds. The Balaban J connectivity index is 0.00000133. The van der Waals surface area contributed by atoms with E-state index in [1.807, 2.05) is 12.2 Å². The van der Waals surface area contributed by atoms with Gasteiger partial charge in [0.1, 0.15) is 0 Å². The van der Waals surface area contributed by atoms with Crippen molar-refractivity contribution in [2.45, 2.75) is 13.8 Å². The molecular formula is C18H14Y3-2. The van der Waals surface area contributed by atoms with Crippen LogP contribution in [-0.2, 0) is 98.1 Å². The Bertz CT molecular complexity index is 696. The third-order valence-corrected chi connectivity index (χ3v) is 3.36. The predicted octanol–water partition coefficient (Wildman–Crippen LogP) is 4.56. The molecule has 0 saturated heterocycles. The van der Waals surface area contributed by atoms with Crippen LogP contribution in [0.2, 0.25) is 0 Å². The summed E-state index contributed by atoms with van der Waals surface area (Å²) in [5, 5.41) is 2.62. The third-order valence-electron chi connectivity index (χ3n) is 3.36. The minimum absolute atomic E-state index is 0. The summed E-state index contributed by atoms with van der Waals surface area (Å²) < 4.78 is 0. The molecule has 1 aliphatic carbocycles. The van der Waals surface area contributed by atoms with Crippen molar-refractivity contribution in [1.29, 1.82) is 0 Å². The molecule has 0 aliphatic heterocycles. The first kappa shape index (κ1) is 22.2. The van der Waals surface area contributed by atoms with Gasteiger partial charge < -0.3 is 17.7 Å². The third kappa shape index (κ3) is 5.10. The molecule has 21 heavy (non-hydrogen) atoms. The molecule has 0 unspecified atom stereocenters. The van der Waals surface area contributed by atoms with Crippen molar-refractivity contribution >= 4 is 16.8 Å². The molecule has 3 heteroatoms. The molecule has 3 radical (unpaired) electrons. The monoisotopic (exact) mass is 497 g/mol. The second-order valence-electron chi connectivity index (χ2n) is 4.65. The summed E-state index contributed by atoms with van der Waals surface area (Å²) in [5.41, 5.74) is 4.91. The summed E-state index contributed by atoms with van der Waals surface area (Å²) in [6, 6.07) is 10.8. The van der Waals surface area contributed by atoms with Crippen LogP contribution in [0.5, 0.6) is 0 Å². The fraction of sp³-hybridized carbons (Fsp3) is 0.111. The summed E-state index contributed by atoms with van der Waals surface area (Å²) in [5.74, 6) is 0. The van der Waals surface area contributed by atoms with Crippen LogP contribution in [0, 0.1) is 26.0 Å². The second kappa shape index (κ2) is 10.2. The average Bonchev–Trinajstić information content (AvgIpc) is 2.86. The fourth-order valence-electron chi connectivity index (χ4n) is 2.42. The summed E-state index contributed by atoms with van der Waals surface area (Å²) >= 11 is 0. The summed E-state index contributed by atoms with van der Waals surface area (Å²) in [6.07, 6.45) is 12.3. The van der Waals surface area contributed by atoms with Crippen molar-refractivity contribution in [2.24, 2.45) is 0 Å². The van der Waals surface area contributed by atoms with Gasteiger partial charge in [0.15, 0.2) is 0 Å². The maximum Gasteiger partial charge on any atom is 0 e. The Morgan fingerprint density at radius 1 is 0.810 bits per heavy atom. The SMILES string of the molecule is Cc1ccc2cccc(C)c2c1C=C1[C-]=CC=[C-]1.[Y].[Y].[Y]. The van der Waals surface area contributed by atoms with E-state index >= 15 is 0 Å². The summed E-state index contributed by atoms with van der Waals surface area (Å²) in [4.78, 5) is 0. The van der Waals surface area contributed by atoms with Gasteiger partial charge in [-0.2, -0.15) is 0 Å². The topological polar surface area (TPSA) is 0 Å². The first-order valence-corrected chi connectivity index (χ1v) is 6.14. The van der Waals surface area contributed by atoms with Crippen molar-refractivity contribution in [3.05, 3.63) is 76.9 Å². The van der Waals surface area contributed by atoms with Crippen LogP contribution >= 0.6 is 0 Å². The molecule has 0 N–H and O–H groups in total. The van der Waals surface area contributed by atoms with Gasteiger partial charge in [-0.3, -0.25) is 12.2 Å². The van der Waals surface area contributed by atoms with E-state index < -0.39 is 0 Å². The Hall–Kier alpha value is 1.23. The fourth-order valence-corrected chi connectivity index (χ4v) is 2.42. The van der Waals surface area contributed by atoms with E-state index in [9.17, 15) is 0 Å². The molecule has 0 saturated carbocycles. The van der Waals surface area contributed by atoms with Crippen LogP contribution in [0.3, 0.4) is 0 Å². The molecule has 2 aromatic rings. The molecule has 3 rings (SSSR count).